The van der Waals surface area contributed by atoms with Gasteiger partial charge in [0, 0.05) is 19.3 Å². The zero-order chi connectivity index (χ0) is 46.5. The summed E-state index contributed by atoms with van der Waals surface area (Å²) in [6.07, 6.45) is 62.7. The van der Waals surface area contributed by atoms with Crippen molar-refractivity contribution in [2.24, 2.45) is 0 Å². The van der Waals surface area contributed by atoms with Gasteiger partial charge in [-0.1, -0.05) is 256 Å². The van der Waals surface area contributed by atoms with E-state index in [0.717, 1.165) is 77.0 Å². The number of hydrogen-bond acceptors (Lipinski definition) is 6. The van der Waals surface area contributed by atoms with Crippen LogP contribution < -0.4 is 0 Å². The molecular weight excluding hydrogens is 793 g/mol. The zero-order valence-corrected chi connectivity index (χ0v) is 42.8. The van der Waals surface area contributed by atoms with E-state index in [2.05, 4.69) is 57.2 Å². The van der Waals surface area contributed by atoms with Gasteiger partial charge in [-0.25, -0.2) is 0 Å². The van der Waals surface area contributed by atoms with Gasteiger partial charge in [-0.3, -0.25) is 14.4 Å². The van der Waals surface area contributed by atoms with Crippen LogP contribution in [-0.2, 0) is 28.6 Å². The Morgan fingerprint density at radius 1 is 0.312 bits per heavy atom. The summed E-state index contributed by atoms with van der Waals surface area (Å²) in [6, 6.07) is 0. The maximum atomic E-state index is 12.8. The second kappa shape index (κ2) is 53.2. The van der Waals surface area contributed by atoms with Gasteiger partial charge in [0.1, 0.15) is 13.2 Å². The fourth-order valence-corrected chi connectivity index (χ4v) is 8.16. The van der Waals surface area contributed by atoms with Crippen molar-refractivity contribution < 1.29 is 28.6 Å². The molecule has 0 aliphatic rings. The van der Waals surface area contributed by atoms with E-state index in [1.54, 1.807) is 0 Å². The van der Waals surface area contributed by atoms with E-state index in [4.69, 9.17) is 14.2 Å². The van der Waals surface area contributed by atoms with Crippen molar-refractivity contribution in [2.45, 2.75) is 303 Å². The summed E-state index contributed by atoms with van der Waals surface area (Å²) in [7, 11) is 0. The number of esters is 3. The van der Waals surface area contributed by atoms with Crippen LogP contribution in [-0.4, -0.2) is 37.2 Å². The SMILES string of the molecule is CCCCC/C=C\C/C=C\C/C=C\CCCCCCCCC(=O)OC[C@@H](COC(=O)CCCCCCCCCCCC)OC(=O)CCCCCCCCCCCCCCCCCCC. The van der Waals surface area contributed by atoms with Gasteiger partial charge in [0.2, 0.25) is 0 Å². The molecule has 0 aromatic heterocycles. The third kappa shape index (κ3) is 50.6. The average molecular weight is 899 g/mol. The number of unbranched alkanes of at least 4 members (excludes halogenated alkanes) is 34. The maximum absolute atomic E-state index is 12.8. The minimum atomic E-state index is -0.772. The Morgan fingerprint density at radius 3 is 0.906 bits per heavy atom. The molecule has 0 spiro atoms. The number of ether oxygens (including phenoxy) is 3. The van der Waals surface area contributed by atoms with Gasteiger partial charge in [-0.05, 0) is 57.8 Å². The normalized spacial score (nSPS) is 12.2. The van der Waals surface area contributed by atoms with E-state index < -0.39 is 6.10 Å². The first kappa shape index (κ1) is 61.6. The molecule has 0 aromatic carbocycles. The number of carbonyl (C=O) groups excluding carboxylic acids is 3. The summed E-state index contributed by atoms with van der Waals surface area (Å²) >= 11 is 0. The fraction of sp³-hybridized carbons (Fsp3) is 0.845. The first-order chi connectivity index (χ1) is 31.5. The predicted octanol–water partition coefficient (Wildman–Crippen LogP) is 18.5. The minimum Gasteiger partial charge on any atom is -0.462 e. The van der Waals surface area contributed by atoms with Gasteiger partial charge in [0.05, 0.1) is 0 Å². The van der Waals surface area contributed by atoms with Crippen LogP contribution in [0.3, 0.4) is 0 Å². The Morgan fingerprint density at radius 2 is 0.562 bits per heavy atom. The van der Waals surface area contributed by atoms with E-state index in [9.17, 15) is 14.4 Å². The lowest BCUT2D eigenvalue weighted by Crippen LogP contribution is -2.30. The number of rotatable bonds is 51. The molecule has 0 heterocycles. The smallest absolute Gasteiger partial charge is 0.306 e. The summed E-state index contributed by atoms with van der Waals surface area (Å²) in [5, 5.41) is 0. The van der Waals surface area contributed by atoms with E-state index in [1.165, 1.54) is 180 Å². The second-order valence-corrected chi connectivity index (χ2v) is 18.9. The Hall–Kier alpha value is -2.37. The molecule has 0 aliphatic carbocycles. The van der Waals surface area contributed by atoms with Gasteiger partial charge in [-0.2, -0.15) is 0 Å². The molecule has 374 valence electrons. The van der Waals surface area contributed by atoms with E-state index >= 15 is 0 Å². The topological polar surface area (TPSA) is 78.9 Å². The van der Waals surface area contributed by atoms with E-state index in [0.29, 0.717) is 19.3 Å². The van der Waals surface area contributed by atoms with Crippen LogP contribution >= 0.6 is 0 Å². The molecule has 0 rings (SSSR count). The summed E-state index contributed by atoms with van der Waals surface area (Å²) in [4.78, 5) is 38.0. The zero-order valence-electron chi connectivity index (χ0n) is 42.8. The largest absolute Gasteiger partial charge is 0.462 e. The number of carbonyl (C=O) groups is 3. The van der Waals surface area contributed by atoms with Crippen molar-refractivity contribution in [1.29, 1.82) is 0 Å². The fourth-order valence-electron chi connectivity index (χ4n) is 8.16. The van der Waals surface area contributed by atoms with Crippen molar-refractivity contribution >= 4 is 17.9 Å². The molecule has 0 unspecified atom stereocenters. The molecule has 0 saturated heterocycles. The van der Waals surface area contributed by atoms with Crippen LogP contribution in [0.25, 0.3) is 0 Å². The van der Waals surface area contributed by atoms with Crippen molar-refractivity contribution in [2.75, 3.05) is 13.2 Å². The molecule has 0 fully saturated rings. The summed E-state index contributed by atoms with van der Waals surface area (Å²) in [5.74, 6) is -0.870. The Bertz CT molecular complexity index is 1080. The molecule has 0 aromatic rings. The number of allylic oxidation sites excluding steroid dienone is 6. The molecule has 0 amide bonds. The lowest BCUT2D eigenvalue weighted by Gasteiger charge is -2.18. The van der Waals surface area contributed by atoms with Gasteiger partial charge < -0.3 is 14.2 Å². The lowest BCUT2D eigenvalue weighted by molar-refractivity contribution is -0.167. The van der Waals surface area contributed by atoms with Crippen molar-refractivity contribution in [3.05, 3.63) is 36.5 Å². The number of hydrogen-bond donors (Lipinski definition) is 0. The lowest BCUT2D eigenvalue weighted by atomic mass is 10.0. The van der Waals surface area contributed by atoms with Crippen LogP contribution in [0.15, 0.2) is 36.5 Å². The summed E-state index contributed by atoms with van der Waals surface area (Å²) in [6.45, 7) is 6.62. The minimum absolute atomic E-state index is 0.0720. The molecule has 0 N–H and O–H groups in total. The third-order valence-corrected chi connectivity index (χ3v) is 12.4. The van der Waals surface area contributed by atoms with Crippen LogP contribution in [0.1, 0.15) is 297 Å². The molecule has 1 atom stereocenters. The molecule has 6 heteroatoms. The monoisotopic (exact) mass is 899 g/mol. The summed E-state index contributed by atoms with van der Waals surface area (Å²) < 4.78 is 16.8. The third-order valence-electron chi connectivity index (χ3n) is 12.4. The van der Waals surface area contributed by atoms with Crippen molar-refractivity contribution in [3.8, 4) is 0 Å². The highest BCUT2D eigenvalue weighted by Gasteiger charge is 2.19. The van der Waals surface area contributed by atoms with Crippen LogP contribution in [0.4, 0.5) is 0 Å². The molecule has 0 saturated carbocycles. The van der Waals surface area contributed by atoms with Crippen LogP contribution in [0.5, 0.6) is 0 Å². The van der Waals surface area contributed by atoms with Crippen LogP contribution in [0, 0.1) is 0 Å². The van der Waals surface area contributed by atoms with Crippen molar-refractivity contribution in [3.63, 3.8) is 0 Å². The quantitative estimate of drug-likeness (QED) is 0.0262. The first-order valence-electron chi connectivity index (χ1n) is 28.0. The molecule has 0 radical (unpaired) electrons. The van der Waals surface area contributed by atoms with Crippen LogP contribution in [0.2, 0.25) is 0 Å². The molecule has 64 heavy (non-hydrogen) atoms. The first-order valence-corrected chi connectivity index (χ1v) is 28.0. The van der Waals surface area contributed by atoms with E-state index in [-0.39, 0.29) is 31.1 Å². The highest BCUT2D eigenvalue weighted by molar-refractivity contribution is 5.71. The van der Waals surface area contributed by atoms with E-state index in [1.807, 2.05) is 0 Å². The standard InChI is InChI=1S/C58H106O6/c1-4-7-10-13-16-19-22-24-26-28-29-31-32-34-36-39-42-45-48-51-57(60)63-54-55(53-62-56(59)50-47-44-41-38-21-18-15-12-9-6-3)64-58(61)52-49-46-43-40-37-35-33-30-27-25-23-20-17-14-11-8-5-2/h16,19,24,26,29,31,55H,4-15,17-18,20-23,25,27-28,30,32-54H2,1-3H3/b19-16-,26-24-,31-29-/t55-/m1/s1. The molecule has 0 bridgehead atoms. The Kier molecular flexibility index (Phi) is 51.3. The molecular formula is C58H106O6. The Labute approximate surface area is 397 Å². The van der Waals surface area contributed by atoms with Gasteiger partial charge >= 0.3 is 17.9 Å². The van der Waals surface area contributed by atoms with Crippen molar-refractivity contribution in [1.82, 2.24) is 0 Å². The van der Waals surface area contributed by atoms with Gasteiger partial charge in [0.15, 0.2) is 6.10 Å². The van der Waals surface area contributed by atoms with Gasteiger partial charge in [-0.15, -0.1) is 0 Å². The highest BCUT2D eigenvalue weighted by atomic mass is 16.6. The Balaban J connectivity index is 4.31. The average Bonchev–Trinajstić information content (AvgIpc) is 3.29. The highest BCUT2D eigenvalue weighted by Crippen LogP contribution is 2.16. The van der Waals surface area contributed by atoms with Gasteiger partial charge in [0.25, 0.3) is 0 Å². The molecule has 0 aliphatic heterocycles. The molecule has 6 nitrogen and oxygen atoms in total. The maximum Gasteiger partial charge on any atom is 0.306 e. The summed E-state index contributed by atoms with van der Waals surface area (Å²) in [5.41, 5.74) is 0. The predicted molar refractivity (Wildman–Crippen MR) is 275 cm³/mol. The second-order valence-electron chi connectivity index (χ2n) is 18.9.